The van der Waals surface area contributed by atoms with Gasteiger partial charge in [0.15, 0.2) is 0 Å². The zero-order valence-corrected chi connectivity index (χ0v) is 12.5. The van der Waals surface area contributed by atoms with E-state index in [4.69, 9.17) is 4.74 Å². The summed E-state index contributed by atoms with van der Waals surface area (Å²) in [6.07, 6.45) is 1.15. The molecular weight excluding hydrogens is 264 g/mol. The number of rotatable bonds is 8. The molecule has 1 unspecified atom stereocenters. The lowest BCUT2D eigenvalue weighted by atomic mass is 10.1. The topological polar surface area (TPSA) is 67.4 Å². The van der Waals surface area contributed by atoms with E-state index in [0.717, 1.165) is 17.6 Å². The van der Waals surface area contributed by atoms with Crippen LogP contribution in [0.1, 0.15) is 25.5 Å². The van der Waals surface area contributed by atoms with Crippen molar-refractivity contribution in [3.05, 3.63) is 29.8 Å². The van der Waals surface area contributed by atoms with Gasteiger partial charge in [0, 0.05) is 24.7 Å². The summed E-state index contributed by atoms with van der Waals surface area (Å²) >= 11 is 0. The molecule has 0 saturated heterocycles. The fourth-order valence-electron chi connectivity index (χ4n) is 1.76. The van der Waals surface area contributed by atoms with Gasteiger partial charge in [0.05, 0.1) is 12.9 Å². The largest absolute Gasteiger partial charge is 0.494 e. The van der Waals surface area contributed by atoms with E-state index < -0.39 is 10.0 Å². The van der Waals surface area contributed by atoms with Crippen LogP contribution in [0.4, 0.5) is 0 Å². The zero-order chi connectivity index (χ0) is 14.3. The van der Waals surface area contributed by atoms with Crippen molar-refractivity contribution < 1.29 is 13.2 Å². The number of hydrogen-bond donors (Lipinski definition) is 2. The second kappa shape index (κ2) is 7.47. The third kappa shape index (κ3) is 6.04. The lowest BCUT2D eigenvalue weighted by molar-refractivity contribution is 0.332. The molecule has 0 bridgehead atoms. The monoisotopic (exact) mass is 286 g/mol. The lowest BCUT2D eigenvalue weighted by Crippen LogP contribution is -2.32. The standard InChI is InChI=1S/C13H22N2O3S/c1-4-18-13-8-6-5-7-12(13)11(2)14-9-10-15-19(3,16)17/h5-8,11,14-15H,4,9-10H2,1-3H3. The SMILES string of the molecule is CCOc1ccccc1C(C)NCCNS(C)(=O)=O. The van der Waals surface area contributed by atoms with Gasteiger partial charge in [0.25, 0.3) is 0 Å². The molecule has 1 atom stereocenters. The van der Waals surface area contributed by atoms with E-state index in [0.29, 0.717) is 19.7 Å². The Kier molecular flexibility index (Phi) is 6.27. The van der Waals surface area contributed by atoms with Gasteiger partial charge < -0.3 is 10.1 Å². The second-order valence-electron chi connectivity index (χ2n) is 4.31. The van der Waals surface area contributed by atoms with Gasteiger partial charge in [-0.05, 0) is 19.9 Å². The highest BCUT2D eigenvalue weighted by atomic mass is 32.2. The summed E-state index contributed by atoms with van der Waals surface area (Å²) in [4.78, 5) is 0. The number of nitrogens with one attached hydrogen (secondary N) is 2. The molecule has 0 amide bonds. The molecule has 108 valence electrons. The third-order valence-corrected chi connectivity index (χ3v) is 3.35. The molecule has 0 fully saturated rings. The lowest BCUT2D eigenvalue weighted by Gasteiger charge is -2.18. The first-order valence-corrected chi connectivity index (χ1v) is 8.23. The van der Waals surface area contributed by atoms with Crippen molar-refractivity contribution in [1.29, 1.82) is 0 Å². The molecular formula is C13H22N2O3S. The Morgan fingerprint density at radius 1 is 1.26 bits per heavy atom. The summed E-state index contributed by atoms with van der Waals surface area (Å²) < 4.78 is 29.9. The molecule has 1 aromatic carbocycles. The highest BCUT2D eigenvalue weighted by Gasteiger charge is 2.10. The molecule has 19 heavy (non-hydrogen) atoms. The van der Waals surface area contributed by atoms with Crippen LogP contribution in [0.15, 0.2) is 24.3 Å². The van der Waals surface area contributed by atoms with E-state index in [-0.39, 0.29) is 6.04 Å². The summed E-state index contributed by atoms with van der Waals surface area (Å²) in [6.45, 7) is 5.54. The highest BCUT2D eigenvalue weighted by Crippen LogP contribution is 2.24. The van der Waals surface area contributed by atoms with Crippen molar-refractivity contribution >= 4 is 10.0 Å². The maximum atomic E-state index is 10.9. The van der Waals surface area contributed by atoms with Gasteiger partial charge in [0.2, 0.25) is 10.0 Å². The highest BCUT2D eigenvalue weighted by molar-refractivity contribution is 7.88. The Labute approximate surface area is 115 Å². The molecule has 0 heterocycles. The van der Waals surface area contributed by atoms with E-state index in [9.17, 15) is 8.42 Å². The summed E-state index contributed by atoms with van der Waals surface area (Å²) in [5, 5.41) is 3.26. The van der Waals surface area contributed by atoms with E-state index >= 15 is 0 Å². The second-order valence-corrected chi connectivity index (χ2v) is 6.15. The van der Waals surface area contributed by atoms with Crippen LogP contribution >= 0.6 is 0 Å². The first kappa shape index (κ1) is 15.9. The van der Waals surface area contributed by atoms with Crippen LogP contribution < -0.4 is 14.8 Å². The Bertz CT molecular complexity index is 488. The Balaban J connectivity index is 2.51. The van der Waals surface area contributed by atoms with Crippen LogP contribution in [-0.4, -0.2) is 34.4 Å². The van der Waals surface area contributed by atoms with Crippen LogP contribution in [0.25, 0.3) is 0 Å². The van der Waals surface area contributed by atoms with E-state index in [1.54, 1.807) is 0 Å². The summed E-state index contributed by atoms with van der Waals surface area (Å²) in [5.74, 6) is 0.862. The first-order valence-electron chi connectivity index (χ1n) is 6.33. The molecule has 1 rings (SSSR count). The summed E-state index contributed by atoms with van der Waals surface area (Å²) in [5.41, 5.74) is 1.07. The first-order chi connectivity index (χ1) is 8.94. The van der Waals surface area contributed by atoms with Crippen molar-refractivity contribution in [3.8, 4) is 5.75 Å². The Morgan fingerprint density at radius 2 is 1.95 bits per heavy atom. The minimum Gasteiger partial charge on any atom is -0.494 e. The molecule has 0 aromatic heterocycles. The number of benzene rings is 1. The quantitative estimate of drug-likeness (QED) is 0.707. The predicted octanol–water partition coefficient (Wildman–Crippen LogP) is 1.29. The predicted molar refractivity (Wildman–Crippen MR) is 76.9 cm³/mol. The zero-order valence-electron chi connectivity index (χ0n) is 11.6. The smallest absolute Gasteiger partial charge is 0.208 e. The molecule has 0 aliphatic heterocycles. The van der Waals surface area contributed by atoms with Gasteiger partial charge in [-0.2, -0.15) is 0 Å². The molecule has 0 radical (unpaired) electrons. The maximum Gasteiger partial charge on any atom is 0.208 e. The van der Waals surface area contributed by atoms with E-state index in [1.807, 2.05) is 38.1 Å². The number of sulfonamides is 1. The van der Waals surface area contributed by atoms with Gasteiger partial charge >= 0.3 is 0 Å². The van der Waals surface area contributed by atoms with Crippen LogP contribution in [0, 0.1) is 0 Å². The molecule has 0 aliphatic rings. The molecule has 0 aliphatic carbocycles. The van der Waals surface area contributed by atoms with Crippen molar-refractivity contribution in [2.75, 3.05) is 26.0 Å². The van der Waals surface area contributed by atoms with Crippen LogP contribution in [-0.2, 0) is 10.0 Å². The summed E-state index contributed by atoms with van der Waals surface area (Å²) in [6, 6.07) is 7.94. The number of ether oxygens (including phenoxy) is 1. The van der Waals surface area contributed by atoms with Gasteiger partial charge in [-0.1, -0.05) is 18.2 Å². The van der Waals surface area contributed by atoms with Crippen LogP contribution in [0.5, 0.6) is 5.75 Å². The number of para-hydroxylation sites is 1. The van der Waals surface area contributed by atoms with Gasteiger partial charge in [0.1, 0.15) is 5.75 Å². The Morgan fingerprint density at radius 3 is 2.58 bits per heavy atom. The van der Waals surface area contributed by atoms with Gasteiger partial charge in [-0.25, -0.2) is 13.1 Å². The third-order valence-electron chi connectivity index (χ3n) is 2.63. The van der Waals surface area contributed by atoms with Crippen molar-refractivity contribution in [1.82, 2.24) is 10.0 Å². The number of hydrogen-bond acceptors (Lipinski definition) is 4. The average molecular weight is 286 g/mol. The maximum absolute atomic E-state index is 10.9. The van der Waals surface area contributed by atoms with Crippen LogP contribution in [0.2, 0.25) is 0 Å². The minimum atomic E-state index is -3.12. The molecule has 0 spiro atoms. The Hall–Kier alpha value is -1.11. The normalized spacial score (nSPS) is 13.2. The molecule has 0 saturated carbocycles. The molecule has 6 heteroatoms. The van der Waals surface area contributed by atoms with E-state index in [1.165, 1.54) is 0 Å². The van der Waals surface area contributed by atoms with Gasteiger partial charge in [-0.15, -0.1) is 0 Å². The fourth-order valence-corrected chi connectivity index (χ4v) is 2.23. The van der Waals surface area contributed by atoms with Crippen molar-refractivity contribution in [2.24, 2.45) is 0 Å². The molecule has 2 N–H and O–H groups in total. The van der Waals surface area contributed by atoms with Crippen LogP contribution in [0.3, 0.4) is 0 Å². The summed E-state index contributed by atoms with van der Waals surface area (Å²) in [7, 11) is -3.12. The molecule has 5 nitrogen and oxygen atoms in total. The fraction of sp³-hybridized carbons (Fsp3) is 0.538. The minimum absolute atomic E-state index is 0.101. The van der Waals surface area contributed by atoms with Crippen molar-refractivity contribution in [3.63, 3.8) is 0 Å². The van der Waals surface area contributed by atoms with E-state index in [2.05, 4.69) is 10.0 Å². The molecule has 1 aromatic rings. The van der Waals surface area contributed by atoms with Crippen molar-refractivity contribution in [2.45, 2.75) is 19.9 Å². The average Bonchev–Trinajstić information content (AvgIpc) is 2.34. The van der Waals surface area contributed by atoms with Gasteiger partial charge in [-0.3, -0.25) is 0 Å².